The van der Waals surface area contributed by atoms with E-state index in [9.17, 15) is 9.59 Å². The molecule has 17 heavy (non-hydrogen) atoms. The van der Waals surface area contributed by atoms with E-state index >= 15 is 0 Å². The van der Waals surface area contributed by atoms with Crippen LogP contribution in [0.2, 0.25) is 0 Å². The van der Waals surface area contributed by atoms with Crippen molar-refractivity contribution in [2.75, 3.05) is 6.54 Å². The number of benzene rings is 1. The van der Waals surface area contributed by atoms with E-state index in [-0.39, 0.29) is 12.5 Å². The largest absolute Gasteiger partial charge is 0.368 e. The third-order valence-corrected chi connectivity index (χ3v) is 2.25. The maximum Gasteiger partial charge on any atom is 0.244 e. The highest BCUT2D eigenvalue weighted by Crippen LogP contribution is 2.06. The third-order valence-electron chi connectivity index (χ3n) is 2.25. The van der Waals surface area contributed by atoms with Crippen LogP contribution in [0.4, 0.5) is 0 Å². The minimum absolute atomic E-state index is 0.141. The van der Waals surface area contributed by atoms with Gasteiger partial charge in [-0.15, -0.1) is 0 Å². The zero-order chi connectivity index (χ0) is 12.7. The van der Waals surface area contributed by atoms with E-state index in [1.807, 2.05) is 24.3 Å². The van der Waals surface area contributed by atoms with Gasteiger partial charge in [0.15, 0.2) is 0 Å². The highest BCUT2D eigenvalue weighted by Gasteiger charge is 1.97. The average molecular weight is 232 g/mol. The fourth-order valence-corrected chi connectivity index (χ4v) is 1.27. The van der Waals surface area contributed by atoms with Gasteiger partial charge in [0.1, 0.15) is 0 Å². The number of nitrogens with one attached hydrogen (secondary N) is 1. The van der Waals surface area contributed by atoms with Crippen LogP contribution in [-0.4, -0.2) is 18.4 Å². The number of hydrogen-bond acceptors (Lipinski definition) is 2. The highest BCUT2D eigenvalue weighted by molar-refractivity contribution is 5.94. The minimum Gasteiger partial charge on any atom is -0.368 e. The van der Waals surface area contributed by atoms with E-state index in [1.54, 1.807) is 6.08 Å². The summed E-state index contributed by atoms with van der Waals surface area (Å²) in [6, 6.07) is 7.91. The number of rotatable bonds is 5. The first-order valence-corrected chi connectivity index (χ1v) is 5.45. The molecular formula is C13H16N2O2. The molecule has 3 N–H and O–H groups in total. The smallest absolute Gasteiger partial charge is 0.244 e. The quantitative estimate of drug-likeness (QED) is 0.739. The summed E-state index contributed by atoms with van der Waals surface area (Å²) in [7, 11) is 0. The summed E-state index contributed by atoms with van der Waals surface area (Å²) < 4.78 is 0. The summed E-state index contributed by atoms with van der Waals surface area (Å²) in [6.45, 7) is 1.94. The van der Waals surface area contributed by atoms with Gasteiger partial charge >= 0.3 is 0 Å². The Labute approximate surface area is 101 Å². The van der Waals surface area contributed by atoms with Crippen LogP contribution in [0.5, 0.6) is 0 Å². The molecule has 4 heteroatoms. The van der Waals surface area contributed by atoms with Crippen LogP contribution in [-0.2, 0) is 16.0 Å². The normalized spacial score (nSPS) is 10.4. The second-order valence-electron chi connectivity index (χ2n) is 3.61. The van der Waals surface area contributed by atoms with E-state index in [0.717, 1.165) is 12.0 Å². The number of carbonyl (C=O) groups excluding carboxylic acids is 2. The molecule has 0 atom stereocenters. The Morgan fingerprint density at radius 1 is 1.29 bits per heavy atom. The monoisotopic (exact) mass is 232 g/mol. The second kappa shape index (κ2) is 6.48. The molecule has 0 aliphatic carbocycles. The first kappa shape index (κ1) is 13.0. The van der Waals surface area contributed by atoms with Gasteiger partial charge in [0, 0.05) is 6.08 Å². The second-order valence-corrected chi connectivity index (χ2v) is 3.61. The van der Waals surface area contributed by atoms with Gasteiger partial charge in [-0.2, -0.15) is 0 Å². The number of hydrogen-bond donors (Lipinski definition) is 2. The third kappa shape index (κ3) is 4.97. The van der Waals surface area contributed by atoms with Gasteiger partial charge in [-0.1, -0.05) is 31.2 Å². The van der Waals surface area contributed by atoms with Gasteiger partial charge in [-0.3, -0.25) is 9.59 Å². The molecule has 0 bridgehead atoms. The van der Waals surface area contributed by atoms with Crippen LogP contribution in [0.3, 0.4) is 0 Å². The Hall–Kier alpha value is -2.10. The molecule has 0 saturated carbocycles. The summed E-state index contributed by atoms with van der Waals surface area (Å²) in [4.78, 5) is 21.7. The predicted octanol–water partition coefficient (Wildman–Crippen LogP) is 0.864. The lowest BCUT2D eigenvalue weighted by Gasteiger charge is -1.98. The van der Waals surface area contributed by atoms with Crippen LogP contribution in [0.1, 0.15) is 18.1 Å². The van der Waals surface area contributed by atoms with Crippen LogP contribution >= 0.6 is 0 Å². The summed E-state index contributed by atoms with van der Waals surface area (Å²) >= 11 is 0. The number of primary amides is 1. The van der Waals surface area contributed by atoms with Gasteiger partial charge in [0.25, 0.3) is 0 Å². The maximum atomic E-state index is 11.2. The number of nitrogens with two attached hydrogens (primary N) is 1. The molecule has 0 saturated heterocycles. The zero-order valence-corrected chi connectivity index (χ0v) is 9.77. The molecular weight excluding hydrogens is 216 g/mol. The van der Waals surface area contributed by atoms with Crippen LogP contribution in [0.15, 0.2) is 30.3 Å². The summed E-state index contributed by atoms with van der Waals surface area (Å²) in [5.41, 5.74) is 7.09. The van der Waals surface area contributed by atoms with Crippen molar-refractivity contribution in [3.63, 3.8) is 0 Å². The Morgan fingerprint density at radius 2 is 1.94 bits per heavy atom. The first-order valence-electron chi connectivity index (χ1n) is 5.45. The maximum absolute atomic E-state index is 11.2. The molecule has 2 amide bonds. The van der Waals surface area contributed by atoms with E-state index in [2.05, 4.69) is 12.2 Å². The van der Waals surface area contributed by atoms with Crippen LogP contribution < -0.4 is 11.1 Å². The minimum atomic E-state index is -0.556. The zero-order valence-electron chi connectivity index (χ0n) is 9.77. The lowest BCUT2D eigenvalue weighted by atomic mass is 10.1. The molecule has 0 aliphatic rings. The molecule has 1 aromatic rings. The van der Waals surface area contributed by atoms with Crippen molar-refractivity contribution in [1.82, 2.24) is 5.32 Å². The lowest BCUT2D eigenvalue weighted by molar-refractivity contribution is -0.122. The van der Waals surface area contributed by atoms with Crippen molar-refractivity contribution in [3.8, 4) is 0 Å². The molecule has 0 unspecified atom stereocenters. The summed E-state index contributed by atoms with van der Waals surface area (Å²) in [6.07, 6.45) is 4.06. The Morgan fingerprint density at radius 3 is 2.47 bits per heavy atom. The average Bonchev–Trinajstić information content (AvgIpc) is 2.34. The van der Waals surface area contributed by atoms with Gasteiger partial charge < -0.3 is 11.1 Å². The van der Waals surface area contributed by atoms with Gasteiger partial charge in [-0.25, -0.2) is 0 Å². The first-order chi connectivity index (χ1) is 8.11. The van der Waals surface area contributed by atoms with E-state index < -0.39 is 5.91 Å². The standard InChI is InChI=1S/C13H16N2O2/c1-2-10-3-5-11(6-4-10)7-8-13(17)15-9-12(14)16/h3-8H,2,9H2,1H3,(H2,14,16)(H,15,17)/b8-7+. The van der Waals surface area contributed by atoms with E-state index in [0.29, 0.717) is 0 Å². The molecule has 0 aliphatic heterocycles. The Bertz CT molecular complexity index is 422. The molecule has 0 heterocycles. The molecule has 0 aromatic heterocycles. The van der Waals surface area contributed by atoms with Crippen molar-refractivity contribution in [2.24, 2.45) is 5.73 Å². The SMILES string of the molecule is CCc1ccc(/C=C/C(=O)NCC(N)=O)cc1. The van der Waals surface area contributed by atoms with Crippen molar-refractivity contribution < 1.29 is 9.59 Å². The number of amides is 2. The van der Waals surface area contributed by atoms with Gasteiger partial charge in [0.2, 0.25) is 11.8 Å². The number of carbonyl (C=O) groups is 2. The summed E-state index contributed by atoms with van der Waals surface area (Å²) in [5.74, 6) is -0.887. The van der Waals surface area contributed by atoms with Gasteiger partial charge in [-0.05, 0) is 23.6 Å². The van der Waals surface area contributed by atoms with Crippen LogP contribution in [0.25, 0.3) is 6.08 Å². The van der Waals surface area contributed by atoms with E-state index in [1.165, 1.54) is 11.6 Å². The van der Waals surface area contributed by atoms with Crippen molar-refractivity contribution in [1.29, 1.82) is 0 Å². The molecule has 90 valence electrons. The molecule has 0 fully saturated rings. The molecule has 0 radical (unpaired) electrons. The predicted molar refractivity (Wildman–Crippen MR) is 67.1 cm³/mol. The summed E-state index contributed by atoms with van der Waals surface area (Å²) in [5, 5.41) is 2.37. The number of aryl methyl sites for hydroxylation is 1. The Balaban J connectivity index is 2.51. The van der Waals surface area contributed by atoms with E-state index in [4.69, 9.17) is 5.73 Å². The lowest BCUT2D eigenvalue weighted by Crippen LogP contribution is -2.32. The van der Waals surface area contributed by atoms with Crippen molar-refractivity contribution in [3.05, 3.63) is 41.5 Å². The molecule has 0 spiro atoms. The highest BCUT2D eigenvalue weighted by atomic mass is 16.2. The fourth-order valence-electron chi connectivity index (χ4n) is 1.27. The van der Waals surface area contributed by atoms with Crippen LogP contribution in [0, 0.1) is 0 Å². The Kier molecular flexibility index (Phi) is 4.94. The topological polar surface area (TPSA) is 72.2 Å². The molecule has 1 rings (SSSR count). The van der Waals surface area contributed by atoms with Gasteiger partial charge in [0.05, 0.1) is 6.54 Å². The van der Waals surface area contributed by atoms with Crippen molar-refractivity contribution >= 4 is 17.9 Å². The fraction of sp³-hybridized carbons (Fsp3) is 0.231. The molecule has 1 aromatic carbocycles. The molecule has 4 nitrogen and oxygen atoms in total. The van der Waals surface area contributed by atoms with Crippen molar-refractivity contribution in [2.45, 2.75) is 13.3 Å².